The second kappa shape index (κ2) is 6.53. The molecule has 2 heterocycles. The summed E-state index contributed by atoms with van der Waals surface area (Å²) in [4.78, 5) is 13.0. The van der Waals surface area contributed by atoms with Crippen molar-refractivity contribution in [1.82, 2.24) is 9.97 Å². The van der Waals surface area contributed by atoms with Crippen LogP contribution in [-0.4, -0.2) is 42.8 Å². The van der Waals surface area contributed by atoms with Crippen molar-refractivity contribution in [2.75, 3.05) is 36.5 Å². The number of nitrogens with zero attached hydrogens (tertiary/aromatic N) is 5. The molecule has 0 N–H and O–H groups in total. The molecule has 0 spiro atoms. The van der Waals surface area contributed by atoms with Crippen LogP contribution in [0.15, 0.2) is 36.7 Å². The third-order valence-corrected chi connectivity index (χ3v) is 4.12. The van der Waals surface area contributed by atoms with E-state index in [0.717, 1.165) is 25.4 Å². The molecule has 1 saturated heterocycles. The van der Waals surface area contributed by atoms with Gasteiger partial charge in [-0.15, -0.1) is 0 Å². The zero-order valence-electron chi connectivity index (χ0n) is 13.3. The van der Waals surface area contributed by atoms with Crippen LogP contribution in [0, 0.1) is 11.3 Å². The maximum absolute atomic E-state index is 9.21. The number of anilines is 2. The van der Waals surface area contributed by atoms with E-state index in [-0.39, 0.29) is 6.04 Å². The van der Waals surface area contributed by atoms with Gasteiger partial charge in [0.25, 0.3) is 0 Å². The van der Waals surface area contributed by atoms with Gasteiger partial charge in [-0.25, -0.2) is 9.97 Å². The molecule has 1 aliphatic heterocycles. The van der Waals surface area contributed by atoms with Crippen molar-refractivity contribution in [3.8, 4) is 11.8 Å². The van der Waals surface area contributed by atoms with E-state index in [0.29, 0.717) is 11.5 Å². The van der Waals surface area contributed by atoms with E-state index in [9.17, 15) is 5.26 Å². The molecule has 0 radical (unpaired) electrons. The van der Waals surface area contributed by atoms with Crippen LogP contribution >= 0.6 is 0 Å². The van der Waals surface area contributed by atoms with E-state index in [1.807, 2.05) is 12.1 Å². The summed E-state index contributed by atoms with van der Waals surface area (Å²) in [7, 11) is 1.67. The summed E-state index contributed by atoms with van der Waals surface area (Å²) in [5.74, 6) is 1.54. The fourth-order valence-electron chi connectivity index (χ4n) is 2.92. The first-order valence-corrected chi connectivity index (χ1v) is 7.59. The number of piperazine rings is 1. The lowest BCUT2D eigenvalue weighted by Gasteiger charge is -2.41. The van der Waals surface area contributed by atoms with Crippen LogP contribution in [0.25, 0.3) is 0 Å². The van der Waals surface area contributed by atoms with Crippen LogP contribution in [0.3, 0.4) is 0 Å². The third-order valence-electron chi connectivity index (χ3n) is 4.12. The second-order valence-corrected chi connectivity index (χ2v) is 5.53. The largest absolute Gasteiger partial charge is 0.497 e. The Balaban J connectivity index is 1.75. The van der Waals surface area contributed by atoms with E-state index in [2.05, 4.69) is 44.9 Å². The Hall–Kier alpha value is -2.81. The van der Waals surface area contributed by atoms with Gasteiger partial charge in [0.05, 0.1) is 7.11 Å². The molecule has 1 aliphatic rings. The van der Waals surface area contributed by atoms with Gasteiger partial charge in [0.2, 0.25) is 0 Å². The number of ether oxygens (including phenoxy) is 1. The molecule has 0 bridgehead atoms. The number of methoxy groups -OCH3 is 1. The first-order valence-electron chi connectivity index (χ1n) is 7.59. The van der Waals surface area contributed by atoms with Crippen LogP contribution in [0.5, 0.6) is 5.75 Å². The Bertz CT molecular complexity index is 710. The summed E-state index contributed by atoms with van der Waals surface area (Å²) < 4.78 is 5.21. The molecule has 3 rings (SSSR count). The molecule has 0 amide bonds. The summed E-state index contributed by atoms with van der Waals surface area (Å²) in [6.07, 6.45) is 3.19. The molecule has 0 aliphatic carbocycles. The highest BCUT2D eigenvalue weighted by Gasteiger charge is 2.26. The molecular weight excluding hydrogens is 290 g/mol. The van der Waals surface area contributed by atoms with Gasteiger partial charge >= 0.3 is 0 Å². The second-order valence-electron chi connectivity index (χ2n) is 5.53. The minimum Gasteiger partial charge on any atom is -0.497 e. The van der Waals surface area contributed by atoms with Crippen molar-refractivity contribution >= 4 is 11.5 Å². The van der Waals surface area contributed by atoms with Gasteiger partial charge in [-0.05, 0) is 31.2 Å². The molecule has 0 unspecified atom stereocenters. The average Bonchev–Trinajstić information content (AvgIpc) is 2.61. The van der Waals surface area contributed by atoms with Crippen molar-refractivity contribution in [2.45, 2.75) is 13.0 Å². The standard InChI is InChI=1S/C17H19N5O/c1-13-12-21(14-3-5-15(23-2)6-4-14)9-10-22(13)17-16(11-18)19-7-8-20-17/h3-8,13H,9-10,12H2,1-2H3/t13-/m1/s1. The molecule has 1 aromatic heterocycles. The molecule has 1 fully saturated rings. The molecule has 118 valence electrons. The highest BCUT2D eigenvalue weighted by molar-refractivity contribution is 5.54. The van der Waals surface area contributed by atoms with Crippen molar-refractivity contribution in [3.63, 3.8) is 0 Å². The normalized spacial score (nSPS) is 17.7. The fourth-order valence-corrected chi connectivity index (χ4v) is 2.92. The predicted molar refractivity (Wildman–Crippen MR) is 88.8 cm³/mol. The minimum atomic E-state index is 0.245. The zero-order chi connectivity index (χ0) is 16.2. The van der Waals surface area contributed by atoms with Crippen molar-refractivity contribution in [1.29, 1.82) is 5.26 Å². The zero-order valence-corrected chi connectivity index (χ0v) is 13.3. The minimum absolute atomic E-state index is 0.245. The SMILES string of the molecule is COc1ccc(N2CCN(c3nccnc3C#N)[C@H](C)C2)cc1. The quantitative estimate of drug-likeness (QED) is 0.865. The highest BCUT2D eigenvalue weighted by atomic mass is 16.5. The van der Waals surface area contributed by atoms with Gasteiger partial charge in [0, 0.05) is 43.8 Å². The molecule has 0 saturated carbocycles. The van der Waals surface area contributed by atoms with Gasteiger partial charge in [-0.3, -0.25) is 0 Å². The van der Waals surface area contributed by atoms with Gasteiger partial charge in [-0.2, -0.15) is 5.26 Å². The third kappa shape index (κ3) is 3.04. The van der Waals surface area contributed by atoms with E-state index in [1.54, 1.807) is 19.5 Å². The lowest BCUT2D eigenvalue weighted by atomic mass is 10.1. The lowest BCUT2D eigenvalue weighted by molar-refractivity contribution is 0.414. The van der Waals surface area contributed by atoms with Gasteiger partial charge in [0.1, 0.15) is 11.8 Å². The fraction of sp³-hybridized carbons (Fsp3) is 0.353. The van der Waals surface area contributed by atoms with Crippen LogP contribution in [-0.2, 0) is 0 Å². The van der Waals surface area contributed by atoms with E-state index >= 15 is 0 Å². The van der Waals surface area contributed by atoms with Crippen molar-refractivity contribution < 1.29 is 4.74 Å². The van der Waals surface area contributed by atoms with Gasteiger partial charge in [-0.1, -0.05) is 0 Å². The van der Waals surface area contributed by atoms with Crippen LogP contribution < -0.4 is 14.5 Å². The number of benzene rings is 1. The number of hydrogen-bond donors (Lipinski definition) is 0. The average molecular weight is 309 g/mol. The molecule has 23 heavy (non-hydrogen) atoms. The van der Waals surface area contributed by atoms with Crippen molar-refractivity contribution in [2.24, 2.45) is 0 Å². The number of hydrogen-bond acceptors (Lipinski definition) is 6. The smallest absolute Gasteiger partial charge is 0.183 e. The van der Waals surface area contributed by atoms with Crippen LogP contribution in [0.2, 0.25) is 0 Å². The van der Waals surface area contributed by atoms with E-state index < -0.39 is 0 Å². The summed E-state index contributed by atoms with van der Waals surface area (Å²) >= 11 is 0. The molecule has 1 atom stereocenters. The van der Waals surface area contributed by atoms with Crippen LogP contribution in [0.1, 0.15) is 12.6 Å². The Kier molecular flexibility index (Phi) is 4.29. The summed E-state index contributed by atoms with van der Waals surface area (Å²) in [6, 6.07) is 10.5. The monoisotopic (exact) mass is 309 g/mol. The van der Waals surface area contributed by atoms with Gasteiger partial charge in [0.15, 0.2) is 11.5 Å². The summed E-state index contributed by atoms with van der Waals surface area (Å²) in [5.41, 5.74) is 1.56. The predicted octanol–water partition coefficient (Wildman–Crippen LogP) is 2.07. The molecule has 6 heteroatoms. The maximum atomic E-state index is 9.21. The highest BCUT2D eigenvalue weighted by Crippen LogP contribution is 2.25. The maximum Gasteiger partial charge on any atom is 0.183 e. The van der Waals surface area contributed by atoms with Crippen molar-refractivity contribution in [3.05, 3.63) is 42.4 Å². The number of rotatable bonds is 3. The van der Waals surface area contributed by atoms with Crippen LogP contribution in [0.4, 0.5) is 11.5 Å². The Labute approximate surface area is 136 Å². The Morgan fingerprint density at radius 2 is 1.91 bits per heavy atom. The first kappa shape index (κ1) is 15.1. The summed E-state index contributed by atoms with van der Waals surface area (Å²) in [6.45, 7) is 4.69. The Morgan fingerprint density at radius 1 is 1.17 bits per heavy atom. The van der Waals surface area contributed by atoms with Gasteiger partial charge < -0.3 is 14.5 Å². The topological polar surface area (TPSA) is 65.3 Å². The summed E-state index contributed by atoms with van der Waals surface area (Å²) in [5, 5.41) is 9.21. The number of nitriles is 1. The molecule has 6 nitrogen and oxygen atoms in total. The number of aromatic nitrogens is 2. The molecule has 1 aromatic carbocycles. The van der Waals surface area contributed by atoms with E-state index in [4.69, 9.17) is 4.74 Å². The lowest BCUT2D eigenvalue weighted by Crippen LogP contribution is -2.52. The molecular formula is C17H19N5O. The first-order chi connectivity index (χ1) is 11.2. The van der Waals surface area contributed by atoms with E-state index in [1.165, 1.54) is 5.69 Å². The molecule has 2 aromatic rings. The Morgan fingerprint density at radius 3 is 2.57 bits per heavy atom.